The summed E-state index contributed by atoms with van der Waals surface area (Å²) in [6.45, 7) is 4.70. The van der Waals surface area contributed by atoms with Crippen LogP contribution in [0.5, 0.6) is 11.5 Å². The van der Waals surface area contributed by atoms with Gasteiger partial charge in [0.2, 0.25) is 0 Å². The van der Waals surface area contributed by atoms with Crippen LogP contribution in [0.4, 0.5) is 34.1 Å². The molecule has 64 heavy (non-hydrogen) atoms. The van der Waals surface area contributed by atoms with Gasteiger partial charge in [-0.25, -0.2) is 0 Å². The average Bonchev–Trinajstić information content (AvgIpc) is 3.59. The lowest BCUT2D eigenvalue weighted by molar-refractivity contribution is 0.445. The van der Waals surface area contributed by atoms with Gasteiger partial charge >= 0.3 is 0 Å². The molecule has 0 spiro atoms. The number of benzene rings is 9. The maximum Gasteiger partial charge on any atom is 0.132 e. The summed E-state index contributed by atoms with van der Waals surface area (Å²) in [5, 5.41) is 0. The van der Waals surface area contributed by atoms with Crippen molar-refractivity contribution in [3.8, 4) is 44.9 Å². The van der Waals surface area contributed by atoms with Gasteiger partial charge in [0.25, 0.3) is 0 Å². The number of allylic oxidation sites excluding steroid dienone is 1. The molecule has 306 valence electrons. The maximum atomic E-state index is 6.87. The molecular weight excluding hydrogens is 777 g/mol. The first-order valence-electron chi connectivity index (χ1n) is 22.4. The molecule has 2 aliphatic carbocycles. The van der Waals surface area contributed by atoms with E-state index in [4.69, 9.17) is 4.74 Å². The van der Waals surface area contributed by atoms with Crippen molar-refractivity contribution in [1.29, 1.82) is 0 Å². The van der Waals surface area contributed by atoms with E-state index in [9.17, 15) is 0 Å². The molecule has 0 N–H and O–H groups in total. The number of hydrogen-bond acceptors (Lipinski definition) is 3. The van der Waals surface area contributed by atoms with E-state index >= 15 is 0 Å². The van der Waals surface area contributed by atoms with Crippen molar-refractivity contribution < 1.29 is 4.74 Å². The third-order valence-electron chi connectivity index (χ3n) is 13.6. The van der Waals surface area contributed by atoms with Gasteiger partial charge in [-0.1, -0.05) is 159 Å². The van der Waals surface area contributed by atoms with E-state index in [2.05, 4.69) is 248 Å². The molecule has 12 rings (SSSR count). The van der Waals surface area contributed by atoms with E-state index in [1.807, 2.05) is 0 Å². The Morgan fingerprint density at radius 3 is 1.64 bits per heavy atom. The van der Waals surface area contributed by atoms with Crippen molar-refractivity contribution in [3.05, 3.63) is 246 Å². The number of rotatable bonds is 8. The molecule has 1 atom stereocenters. The van der Waals surface area contributed by atoms with Crippen LogP contribution >= 0.6 is 0 Å². The van der Waals surface area contributed by atoms with Gasteiger partial charge in [-0.15, -0.1) is 0 Å². The van der Waals surface area contributed by atoms with Crippen LogP contribution in [0.25, 0.3) is 39.5 Å². The van der Waals surface area contributed by atoms with Gasteiger partial charge in [0.1, 0.15) is 11.5 Å². The van der Waals surface area contributed by atoms with Crippen molar-refractivity contribution in [2.75, 3.05) is 9.80 Å². The largest absolute Gasteiger partial charge is 0.457 e. The fourth-order valence-electron chi connectivity index (χ4n) is 10.5. The smallest absolute Gasteiger partial charge is 0.132 e. The van der Waals surface area contributed by atoms with E-state index in [0.29, 0.717) is 0 Å². The molecule has 3 heteroatoms. The summed E-state index contributed by atoms with van der Waals surface area (Å²) < 4.78 is 6.87. The Balaban J connectivity index is 0.977. The van der Waals surface area contributed by atoms with Crippen molar-refractivity contribution in [2.24, 2.45) is 0 Å². The fourth-order valence-corrected chi connectivity index (χ4v) is 10.5. The number of para-hydroxylation sites is 2. The minimum atomic E-state index is -0.0824. The molecule has 9 aromatic rings. The maximum absolute atomic E-state index is 6.87. The van der Waals surface area contributed by atoms with Crippen LogP contribution in [-0.4, -0.2) is 0 Å². The van der Waals surface area contributed by atoms with Gasteiger partial charge in [0, 0.05) is 56.5 Å². The molecule has 0 aromatic heterocycles. The Bertz CT molecular complexity index is 3190. The molecule has 0 amide bonds. The lowest BCUT2D eigenvalue weighted by Gasteiger charge is -2.36. The highest BCUT2D eigenvalue weighted by molar-refractivity contribution is 5.91. The molecule has 1 aliphatic heterocycles. The lowest BCUT2D eigenvalue weighted by atomic mass is 9.79. The number of nitrogens with zero attached hydrogens (tertiary/aromatic N) is 2. The van der Waals surface area contributed by atoms with Crippen LogP contribution in [-0.2, 0) is 5.41 Å². The third-order valence-corrected chi connectivity index (χ3v) is 13.6. The summed E-state index contributed by atoms with van der Waals surface area (Å²) in [5.74, 6) is 1.97. The zero-order chi connectivity index (χ0) is 42.8. The number of anilines is 6. The topological polar surface area (TPSA) is 15.7 Å². The monoisotopic (exact) mass is 822 g/mol. The minimum Gasteiger partial charge on any atom is -0.457 e. The SMILES string of the molecule is CC1(C)c2ccccc2-c2cc(N(c3ccc(-c4ccc(-c5ccccc5)cc4)cc3)c3ccc4c5c3C=CCC5c3cc(N(c5ccccc5)c5ccccc5)ccc3O4)ccc21. The molecule has 3 aliphatic rings. The molecule has 0 bridgehead atoms. The second kappa shape index (κ2) is 15.2. The van der Waals surface area contributed by atoms with Gasteiger partial charge in [-0.2, -0.15) is 0 Å². The second-order valence-electron chi connectivity index (χ2n) is 17.7. The van der Waals surface area contributed by atoms with Crippen molar-refractivity contribution >= 4 is 40.2 Å². The molecule has 3 nitrogen and oxygen atoms in total. The van der Waals surface area contributed by atoms with E-state index in [1.165, 1.54) is 61.2 Å². The molecule has 0 radical (unpaired) electrons. The van der Waals surface area contributed by atoms with Gasteiger partial charge in [-0.3, -0.25) is 0 Å². The standard InChI is InChI=1S/C61H46N2O/c1-61(2)55-24-13-12-21-50(55)53-39-49(33-35-56(53)61)63(47-31-29-44(30-32-47)43-27-25-42(26-28-43)41-15-6-3-7-16-41)57-36-38-59-60-51(22-14-23-52(57)60)54-40-48(34-37-58(54)64-59)62(45-17-8-4-9-18-45)46-19-10-5-11-20-46/h3-21,23-40,51H,22H2,1-2H3. The number of fused-ring (bicyclic) bond motifs is 5. The third kappa shape index (κ3) is 6.27. The zero-order valence-corrected chi connectivity index (χ0v) is 35.9. The summed E-state index contributed by atoms with van der Waals surface area (Å²) in [7, 11) is 0. The Kier molecular flexibility index (Phi) is 8.98. The molecular formula is C61H46N2O. The van der Waals surface area contributed by atoms with E-state index in [1.54, 1.807) is 0 Å². The molecule has 9 aromatic carbocycles. The Labute approximate surface area is 375 Å². The lowest BCUT2D eigenvalue weighted by Crippen LogP contribution is -2.19. The average molecular weight is 823 g/mol. The van der Waals surface area contributed by atoms with E-state index in [0.717, 1.165) is 52.0 Å². The Morgan fingerprint density at radius 1 is 0.438 bits per heavy atom. The van der Waals surface area contributed by atoms with E-state index in [-0.39, 0.29) is 11.3 Å². The summed E-state index contributed by atoms with van der Waals surface area (Å²) in [4.78, 5) is 4.79. The van der Waals surface area contributed by atoms with Crippen molar-refractivity contribution in [3.63, 3.8) is 0 Å². The minimum absolute atomic E-state index is 0.0824. The molecule has 0 saturated heterocycles. The molecule has 0 fully saturated rings. The van der Waals surface area contributed by atoms with Crippen LogP contribution in [0.2, 0.25) is 0 Å². The van der Waals surface area contributed by atoms with E-state index < -0.39 is 0 Å². The van der Waals surface area contributed by atoms with Gasteiger partial charge in [0.15, 0.2) is 0 Å². The van der Waals surface area contributed by atoms with Gasteiger partial charge < -0.3 is 14.5 Å². The summed E-state index contributed by atoms with van der Waals surface area (Å²) in [6.07, 6.45) is 5.57. The number of hydrogen-bond donors (Lipinski definition) is 0. The highest BCUT2D eigenvalue weighted by Gasteiger charge is 2.37. The highest BCUT2D eigenvalue weighted by atomic mass is 16.5. The van der Waals surface area contributed by atoms with Crippen LogP contribution in [0.15, 0.2) is 218 Å². The van der Waals surface area contributed by atoms with Gasteiger partial charge in [0.05, 0.1) is 5.69 Å². The molecule has 0 saturated carbocycles. The zero-order valence-electron chi connectivity index (χ0n) is 35.9. The first-order valence-corrected chi connectivity index (χ1v) is 22.4. The quantitative estimate of drug-likeness (QED) is 0.152. The Hall–Kier alpha value is -7.88. The summed E-state index contributed by atoms with van der Waals surface area (Å²) in [5.41, 5.74) is 20.4. The van der Waals surface area contributed by atoms with Crippen LogP contribution in [0.3, 0.4) is 0 Å². The summed E-state index contributed by atoms with van der Waals surface area (Å²) >= 11 is 0. The summed E-state index contributed by atoms with van der Waals surface area (Å²) in [6, 6.07) is 77.0. The van der Waals surface area contributed by atoms with Crippen molar-refractivity contribution in [1.82, 2.24) is 0 Å². The predicted molar refractivity (Wildman–Crippen MR) is 266 cm³/mol. The van der Waals surface area contributed by atoms with Crippen molar-refractivity contribution in [2.45, 2.75) is 31.6 Å². The fraction of sp³-hybridized carbons (Fsp3) is 0.0820. The first kappa shape index (κ1) is 37.8. The number of ether oxygens (including phenoxy) is 1. The highest BCUT2D eigenvalue weighted by Crippen LogP contribution is 2.55. The second-order valence-corrected chi connectivity index (χ2v) is 17.7. The van der Waals surface area contributed by atoms with Gasteiger partial charge in [-0.05, 0) is 130 Å². The predicted octanol–water partition coefficient (Wildman–Crippen LogP) is 16.9. The molecule has 1 unspecified atom stereocenters. The Morgan fingerprint density at radius 2 is 0.953 bits per heavy atom. The first-order chi connectivity index (χ1) is 31.5. The van der Waals surface area contributed by atoms with Crippen LogP contribution in [0, 0.1) is 0 Å². The molecule has 1 heterocycles. The van der Waals surface area contributed by atoms with Crippen LogP contribution < -0.4 is 14.5 Å². The van der Waals surface area contributed by atoms with Crippen LogP contribution in [0.1, 0.15) is 54.0 Å². The normalized spacial score (nSPS) is 14.7.